The van der Waals surface area contributed by atoms with Gasteiger partial charge >= 0.3 is 6.03 Å². The van der Waals surface area contributed by atoms with Gasteiger partial charge < -0.3 is 9.73 Å². The summed E-state index contributed by atoms with van der Waals surface area (Å²) in [5.41, 5.74) is 0. The number of nitrogens with zero attached hydrogens (tertiary/aromatic N) is 1. The lowest BCUT2D eigenvalue weighted by molar-refractivity contribution is -0.121. The first-order valence-corrected chi connectivity index (χ1v) is 8.80. The number of amides is 3. The van der Waals surface area contributed by atoms with Crippen LogP contribution < -0.4 is 10.6 Å². The van der Waals surface area contributed by atoms with Gasteiger partial charge in [0.25, 0.3) is 0 Å². The van der Waals surface area contributed by atoms with Crippen molar-refractivity contribution in [3.63, 3.8) is 0 Å². The van der Waals surface area contributed by atoms with Gasteiger partial charge in [-0.05, 0) is 44.0 Å². The van der Waals surface area contributed by atoms with Crippen LogP contribution in [0.1, 0.15) is 28.4 Å². The molecule has 0 spiro atoms. The Kier molecular flexibility index (Phi) is 5.32. The van der Waals surface area contributed by atoms with Crippen LogP contribution in [0.4, 0.5) is 4.79 Å². The molecule has 0 unspecified atom stereocenters. The van der Waals surface area contributed by atoms with Crippen molar-refractivity contribution in [2.24, 2.45) is 0 Å². The molecule has 1 aliphatic carbocycles. The molecule has 1 aliphatic rings. The summed E-state index contributed by atoms with van der Waals surface area (Å²) in [5.74, 6) is 0.478. The van der Waals surface area contributed by atoms with Crippen molar-refractivity contribution in [2.45, 2.75) is 38.9 Å². The second-order valence-electron chi connectivity index (χ2n) is 6.03. The minimum atomic E-state index is -0.410. The first-order chi connectivity index (χ1) is 11.6. The van der Waals surface area contributed by atoms with E-state index >= 15 is 0 Å². The Morgan fingerprint density at radius 3 is 2.75 bits per heavy atom. The van der Waals surface area contributed by atoms with Gasteiger partial charge in [0.2, 0.25) is 5.91 Å². The van der Waals surface area contributed by atoms with E-state index in [1.165, 1.54) is 9.75 Å². The summed E-state index contributed by atoms with van der Waals surface area (Å²) < 4.78 is 5.38. The second-order valence-corrected chi connectivity index (χ2v) is 7.41. The first kappa shape index (κ1) is 16.7. The molecule has 2 aromatic heterocycles. The van der Waals surface area contributed by atoms with Gasteiger partial charge in [0, 0.05) is 22.3 Å². The van der Waals surface area contributed by atoms with Gasteiger partial charge in [0.05, 0.1) is 19.4 Å². The molecule has 1 saturated carbocycles. The number of hydrogen-bond acceptors (Lipinski definition) is 5. The molecule has 2 heterocycles. The van der Waals surface area contributed by atoms with Crippen molar-refractivity contribution in [3.8, 4) is 0 Å². The monoisotopic (exact) mass is 347 g/mol. The van der Waals surface area contributed by atoms with Gasteiger partial charge in [-0.25, -0.2) is 4.79 Å². The highest BCUT2D eigenvalue weighted by Crippen LogP contribution is 2.19. The van der Waals surface area contributed by atoms with E-state index < -0.39 is 6.03 Å². The zero-order valence-corrected chi connectivity index (χ0v) is 14.4. The average molecular weight is 347 g/mol. The molecule has 1 fully saturated rings. The van der Waals surface area contributed by atoms with Crippen LogP contribution in [-0.2, 0) is 17.9 Å². The van der Waals surface area contributed by atoms with E-state index in [-0.39, 0.29) is 18.5 Å². The molecule has 6 nitrogen and oxygen atoms in total. The highest BCUT2D eigenvalue weighted by atomic mass is 32.1. The van der Waals surface area contributed by atoms with Gasteiger partial charge in [0.1, 0.15) is 5.76 Å². The molecular formula is C17H21N3O3S. The Hall–Kier alpha value is -2.12. The fourth-order valence-corrected chi connectivity index (χ4v) is 3.33. The van der Waals surface area contributed by atoms with E-state index in [9.17, 15) is 9.59 Å². The predicted molar refractivity (Wildman–Crippen MR) is 91.6 cm³/mol. The van der Waals surface area contributed by atoms with Crippen molar-refractivity contribution < 1.29 is 14.0 Å². The van der Waals surface area contributed by atoms with Crippen molar-refractivity contribution >= 4 is 23.3 Å². The van der Waals surface area contributed by atoms with Crippen LogP contribution in [0.2, 0.25) is 0 Å². The SMILES string of the molecule is Cc1ccc(CN(CC(=O)NC(=O)NC2CC2)Cc2ccco2)s1. The third-order valence-electron chi connectivity index (χ3n) is 3.67. The summed E-state index contributed by atoms with van der Waals surface area (Å²) in [6, 6.07) is 7.65. The molecule has 0 aromatic carbocycles. The van der Waals surface area contributed by atoms with Crippen LogP contribution in [0, 0.1) is 6.92 Å². The standard InChI is InChI=1S/C17H21N3O3S/c1-12-4-7-15(24-12)10-20(9-14-3-2-8-23-14)11-16(21)19-17(22)18-13-5-6-13/h2-4,7-8,13H,5-6,9-11H2,1H3,(H2,18,19,21,22). The molecule has 0 bridgehead atoms. The van der Waals surface area contributed by atoms with E-state index in [1.807, 2.05) is 17.0 Å². The highest BCUT2D eigenvalue weighted by molar-refractivity contribution is 7.11. The zero-order chi connectivity index (χ0) is 16.9. The lowest BCUT2D eigenvalue weighted by Crippen LogP contribution is -2.44. The van der Waals surface area contributed by atoms with Crippen LogP contribution in [0.3, 0.4) is 0 Å². The Morgan fingerprint density at radius 2 is 2.12 bits per heavy atom. The molecule has 3 amide bonds. The number of rotatable bonds is 7. The number of imide groups is 1. The summed E-state index contributed by atoms with van der Waals surface area (Å²) in [6.45, 7) is 3.34. The molecular weight excluding hydrogens is 326 g/mol. The van der Waals surface area contributed by atoms with Crippen LogP contribution >= 0.6 is 11.3 Å². The third kappa shape index (κ3) is 5.21. The van der Waals surface area contributed by atoms with Crippen molar-refractivity contribution in [1.29, 1.82) is 0 Å². The van der Waals surface area contributed by atoms with Gasteiger partial charge in [-0.2, -0.15) is 0 Å². The van der Waals surface area contributed by atoms with E-state index in [0.717, 1.165) is 18.6 Å². The number of thiophene rings is 1. The topological polar surface area (TPSA) is 74.6 Å². The van der Waals surface area contributed by atoms with Gasteiger partial charge in [0.15, 0.2) is 0 Å². The maximum atomic E-state index is 12.1. The number of nitrogens with one attached hydrogen (secondary N) is 2. The van der Waals surface area contributed by atoms with Crippen molar-refractivity contribution in [1.82, 2.24) is 15.5 Å². The maximum Gasteiger partial charge on any atom is 0.321 e. The lowest BCUT2D eigenvalue weighted by Gasteiger charge is -2.19. The van der Waals surface area contributed by atoms with E-state index in [0.29, 0.717) is 13.1 Å². The molecule has 7 heteroatoms. The van der Waals surface area contributed by atoms with Gasteiger partial charge in [-0.1, -0.05) is 0 Å². The normalized spacial score (nSPS) is 13.9. The Morgan fingerprint density at radius 1 is 1.29 bits per heavy atom. The fourth-order valence-electron chi connectivity index (χ4n) is 2.40. The van der Waals surface area contributed by atoms with E-state index in [2.05, 4.69) is 29.7 Å². The summed E-state index contributed by atoms with van der Waals surface area (Å²) in [7, 11) is 0. The second kappa shape index (κ2) is 7.63. The number of aryl methyl sites for hydroxylation is 1. The molecule has 3 rings (SSSR count). The minimum Gasteiger partial charge on any atom is -0.468 e. The summed E-state index contributed by atoms with van der Waals surface area (Å²) in [5, 5.41) is 5.15. The van der Waals surface area contributed by atoms with Gasteiger partial charge in [-0.3, -0.25) is 15.0 Å². The maximum absolute atomic E-state index is 12.1. The Balaban J connectivity index is 1.57. The van der Waals surface area contributed by atoms with Crippen molar-refractivity contribution in [2.75, 3.05) is 6.54 Å². The number of urea groups is 1. The third-order valence-corrected chi connectivity index (χ3v) is 4.65. The number of carbonyl (C=O) groups excluding carboxylic acids is 2. The molecule has 0 atom stereocenters. The highest BCUT2D eigenvalue weighted by Gasteiger charge is 2.24. The predicted octanol–water partition coefficient (Wildman–Crippen LogP) is 2.64. The summed E-state index contributed by atoms with van der Waals surface area (Å²) >= 11 is 1.70. The van der Waals surface area contributed by atoms with Crippen molar-refractivity contribution in [3.05, 3.63) is 46.0 Å². The smallest absolute Gasteiger partial charge is 0.321 e. The van der Waals surface area contributed by atoms with E-state index in [4.69, 9.17) is 4.42 Å². The Labute approximate surface area is 144 Å². The Bertz CT molecular complexity index is 692. The molecule has 0 aliphatic heterocycles. The van der Waals surface area contributed by atoms with Crippen LogP contribution in [0.15, 0.2) is 34.9 Å². The van der Waals surface area contributed by atoms with Gasteiger partial charge in [-0.15, -0.1) is 11.3 Å². The summed E-state index contributed by atoms with van der Waals surface area (Å²) in [6.07, 6.45) is 3.60. The average Bonchev–Trinajstić information content (AvgIpc) is 3.00. The molecule has 128 valence electrons. The first-order valence-electron chi connectivity index (χ1n) is 7.99. The molecule has 0 saturated heterocycles. The van der Waals surface area contributed by atoms with Crippen LogP contribution in [0.25, 0.3) is 0 Å². The number of hydrogen-bond donors (Lipinski definition) is 2. The van der Waals surface area contributed by atoms with Crippen LogP contribution in [0.5, 0.6) is 0 Å². The largest absolute Gasteiger partial charge is 0.468 e. The molecule has 24 heavy (non-hydrogen) atoms. The summed E-state index contributed by atoms with van der Waals surface area (Å²) in [4.78, 5) is 28.2. The lowest BCUT2D eigenvalue weighted by atomic mass is 10.3. The number of carbonyl (C=O) groups is 2. The quantitative estimate of drug-likeness (QED) is 0.807. The molecule has 0 radical (unpaired) electrons. The van der Waals surface area contributed by atoms with Crippen LogP contribution in [-0.4, -0.2) is 29.4 Å². The van der Waals surface area contributed by atoms with E-state index in [1.54, 1.807) is 17.6 Å². The zero-order valence-electron chi connectivity index (χ0n) is 13.6. The molecule has 2 N–H and O–H groups in total. The number of furan rings is 1. The minimum absolute atomic E-state index is 0.135. The fraction of sp³-hybridized carbons (Fsp3) is 0.412. The molecule has 2 aromatic rings.